The van der Waals surface area contributed by atoms with Crippen molar-refractivity contribution in [2.45, 2.75) is 13.3 Å². The Kier molecular flexibility index (Phi) is 3.20. The summed E-state index contributed by atoms with van der Waals surface area (Å²) in [5.74, 6) is -0.821. The second-order valence-corrected chi connectivity index (χ2v) is 2.73. The highest BCUT2D eigenvalue weighted by atomic mass is 16.4. The Bertz CT molecular complexity index is 331. The molecule has 3 nitrogen and oxygen atoms in total. The fourth-order valence-corrected chi connectivity index (χ4v) is 0.937. The molecule has 1 rings (SSSR count). The van der Waals surface area contributed by atoms with Crippen LogP contribution in [0.4, 0.5) is 0 Å². The Labute approximate surface area is 76.7 Å². The van der Waals surface area contributed by atoms with Gasteiger partial charge in [0.2, 0.25) is 0 Å². The van der Waals surface area contributed by atoms with E-state index >= 15 is 0 Å². The maximum atomic E-state index is 10.2. The van der Waals surface area contributed by atoms with E-state index in [1.165, 1.54) is 0 Å². The maximum Gasteiger partial charge on any atom is 0.307 e. The van der Waals surface area contributed by atoms with Gasteiger partial charge in [0, 0.05) is 12.4 Å². The summed E-state index contributed by atoms with van der Waals surface area (Å²) >= 11 is 0. The molecule has 0 saturated heterocycles. The highest BCUT2D eigenvalue weighted by molar-refractivity contribution is 5.70. The number of hydrogen-bond acceptors (Lipinski definition) is 2. The molecule has 0 unspecified atom stereocenters. The third kappa shape index (κ3) is 3.07. The molecule has 68 valence electrons. The summed E-state index contributed by atoms with van der Waals surface area (Å²) < 4.78 is 0. The minimum atomic E-state index is -0.821. The third-order valence-corrected chi connectivity index (χ3v) is 1.67. The van der Waals surface area contributed by atoms with Gasteiger partial charge in [-0.1, -0.05) is 12.2 Å². The zero-order chi connectivity index (χ0) is 9.68. The number of pyridine rings is 1. The number of hydrogen-bond donors (Lipinski definition) is 1. The lowest BCUT2D eigenvalue weighted by Crippen LogP contribution is -1.90. The topological polar surface area (TPSA) is 50.2 Å². The van der Waals surface area contributed by atoms with Gasteiger partial charge in [0.15, 0.2) is 0 Å². The molecule has 1 N–H and O–H groups in total. The summed E-state index contributed by atoms with van der Waals surface area (Å²) in [7, 11) is 0. The van der Waals surface area contributed by atoms with E-state index in [0.717, 1.165) is 11.1 Å². The average Bonchev–Trinajstić information content (AvgIpc) is 2.08. The first-order valence-electron chi connectivity index (χ1n) is 3.99. The Balaban J connectivity index is 2.68. The maximum absolute atomic E-state index is 10.2. The second-order valence-electron chi connectivity index (χ2n) is 2.73. The van der Waals surface area contributed by atoms with Crippen molar-refractivity contribution in [3.8, 4) is 0 Å². The van der Waals surface area contributed by atoms with Crippen LogP contribution < -0.4 is 0 Å². The molecule has 0 saturated carbocycles. The Morgan fingerprint density at radius 1 is 1.69 bits per heavy atom. The van der Waals surface area contributed by atoms with Crippen LogP contribution in [0.25, 0.3) is 6.08 Å². The fourth-order valence-electron chi connectivity index (χ4n) is 0.937. The summed E-state index contributed by atoms with van der Waals surface area (Å²) in [5, 5.41) is 8.39. The fraction of sp³-hybridized carbons (Fsp3) is 0.200. The monoisotopic (exact) mass is 177 g/mol. The number of carboxylic acids is 1. The predicted octanol–water partition coefficient (Wildman–Crippen LogP) is 1.88. The quantitative estimate of drug-likeness (QED) is 0.766. The van der Waals surface area contributed by atoms with Crippen molar-refractivity contribution in [1.29, 1.82) is 0 Å². The number of aromatic nitrogens is 1. The van der Waals surface area contributed by atoms with E-state index in [9.17, 15) is 4.79 Å². The highest BCUT2D eigenvalue weighted by Gasteiger charge is 1.93. The first-order valence-corrected chi connectivity index (χ1v) is 3.99. The molecule has 0 aliphatic heterocycles. The first kappa shape index (κ1) is 9.45. The molecule has 0 aliphatic carbocycles. The molecule has 1 aromatic heterocycles. The van der Waals surface area contributed by atoms with Crippen LogP contribution in [0.2, 0.25) is 0 Å². The minimum absolute atomic E-state index is 0.0499. The van der Waals surface area contributed by atoms with Crippen molar-refractivity contribution in [2.75, 3.05) is 0 Å². The molecule has 0 radical (unpaired) electrons. The average molecular weight is 177 g/mol. The number of nitrogens with zero attached hydrogens (tertiary/aromatic N) is 1. The van der Waals surface area contributed by atoms with E-state index in [2.05, 4.69) is 4.98 Å². The van der Waals surface area contributed by atoms with Crippen LogP contribution in [0.1, 0.15) is 17.5 Å². The molecule has 1 heterocycles. The molecule has 1 aromatic rings. The second kappa shape index (κ2) is 4.40. The molecular weight excluding hydrogens is 166 g/mol. The number of aliphatic carboxylic acids is 1. The van der Waals surface area contributed by atoms with Crippen molar-refractivity contribution in [1.82, 2.24) is 4.98 Å². The lowest BCUT2D eigenvalue weighted by Gasteiger charge is -1.96. The zero-order valence-corrected chi connectivity index (χ0v) is 7.40. The number of aryl methyl sites for hydroxylation is 1. The van der Waals surface area contributed by atoms with Gasteiger partial charge in [-0.15, -0.1) is 0 Å². The molecule has 13 heavy (non-hydrogen) atoms. The van der Waals surface area contributed by atoms with Gasteiger partial charge in [-0.05, 0) is 24.1 Å². The van der Waals surface area contributed by atoms with E-state index in [1.54, 1.807) is 24.5 Å². The third-order valence-electron chi connectivity index (χ3n) is 1.67. The largest absolute Gasteiger partial charge is 0.481 e. The van der Waals surface area contributed by atoms with Gasteiger partial charge >= 0.3 is 5.97 Å². The molecule has 0 spiro atoms. The van der Waals surface area contributed by atoms with Crippen LogP contribution in [0, 0.1) is 6.92 Å². The summed E-state index contributed by atoms with van der Waals surface area (Å²) in [6.45, 7) is 1.96. The Morgan fingerprint density at radius 2 is 2.46 bits per heavy atom. The van der Waals surface area contributed by atoms with Gasteiger partial charge < -0.3 is 5.11 Å². The van der Waals surface area contributed by atoms with Crippen LogP contribution in [-0.2, 0) is 4.79 Å². The van der Waals surface area contributed by atoms with Crippen LogP contribution in [0.5, 0.6) is 0 Å². The van der Waals surface area contributed by atoms with Gasteiger partial charge in [0.25, 0.3) is 0 Å². The van der Waals surface area contributed by atoms with E-state index in [0.29, 0.717) is 0 Å². The van der Waals surface area contributed by atoms with Crippen LogP contribution in [-0.4, -0.2) is 16.1 Å². The molecule has 0 aliphatic rings. The van der Waals surface area contributed by atoms with Crippen LogP contribution >= 0.6 is 0 Å². The van der Waals surface area contributed by atoms with Crippen molar-refractivity contribution in [3.05, 3.63) is 35.7 Å². The summed E-state index contributed by atoms with van der Waals surface area (Å²) in [6, 6.07) is 1.89. The number of rotatable bonds is 3. The van der Waals surface area contributed by atoms with E-state index in [-0.39, 0.29) is 6.42 Å². The van der Waals surface area contributed by atoms with Gasteiger partial charge in [-0.25, -0.2) is 0 Å². The normalized spacial score (nSPS) is 10.5. The lowest BCUT2D eigenvalue weighted by atomic mass is 10.1. The van der Waals surface area contributed by atoms with Crippen LogP contribution in [0.15, 0.2) is 24.5 Å². The summed E-state index contributed by atoms with van der Waals surface area (Å²) in [5.41, 5.74) is 2.06. The van der Waals surface area contributed by atoms with Gasteiger partial charge in [0.05, 0.1) is 6.42 Å². The highest BCUT2D eigenvalue weighted by Crippen LogP contribution is 2.07. The zero-order valence-electron chi connectivity index (χ0n) is 7.40. The molecule has 0 fully saturated rings. The molecule has 3 heteroatoms. The first-order chi connectivity index (χ1) is 6.20. The van der Waals surface area contributed by atoms with Crippen molar-refractivity contribution < 1.29 is 9.90 Å². The van der Waals surface area contributed by atoms with Gasteiger partial charge in [-0.3, -0.25) is 9.78 Å². The van der Waals surface area contributed by atoms with Crippen molar-refractivity contribution in [2.24, 2.45) is 0 Å². The van der Waals surface area contributed by atoms with E-state index in [1.807, 2.05) is 13.0 Å². The smallest absolute Gasteiger partial charge is 0.307 e. The van der Waals surface area contributed by atoms with Crippen molar-refractivity contribution in [3.63, 3.8) is 0 Å². The molecule has 0 amide bonds. The van der Waals surface area contributed by atoms with Gasteiger partial charge in [-0.2, -0.15) is 0 Å². The Hall–Kier alpha value is -1.64. The number of carbonyl (C=O) groups is 1. The van der Waals surface area contributed by atoms with Crippen LogP contribution in [0.3, 0.4) is 0 Å². The molecule has 0 bridgehead atoms. The molecule has 0 atom stereocenters. The SMILES string of the molecule is Cc1ccncc1C=CCC(=O)O. The summed E-state index contributed by atoms with van der Waals surface area (Å²) in [4.78, 5) is 14.2. The summed E-state index contributed by atoms with van der Waals surface area (Å²) in [6.07, 6.45) is 6.87. The Morgan fingerprint density at radius 3 is 3.08 bits per heavy atom. The van der Waals surface area contributed by atoms with Gasteiger partial charge in [0.1, 0.15) is 0 Å². The predicted molar refractivity (Wildman–Crippen MR) is 50.3 cm³/mol. The van der Waals surface area contributed by atoms with E-state index < -0.39 is 5.97 Å². The molecular formula is C10H11NO2. The van der Waals surface area contributed by atoms with Crippen molar-refractivity contribution >= 4 is 12.0 Å². The van der Waals surface area contributed by atoms with E-state index in [4.69, 9.17) is 5.11 Å². The minimum Gasteiger partial charge on any atom is -0.481 e. The standard InChI is InChI=1S/C10H11NO2/c1-8-5-6-11-7-9(8)3-2-4-10(12)13/h2-3,5-7H,4H2,1H3,(H,12,13). The lowest BCUT2D eigenvalue weighted by molar-refractivity contribution is -0.135. The number of carboxylic acid groups (broad SMARTS) is 1. The molecule has 0 aromatic carbocycles.